The average Bonchev–Trinajstić information content (AvgIpc) is 2.19. The third-order valence-corrected chi connectivity index (χ3v) is 2.66. The summed E-state index contributed by atoms with van der Waals surface area (Å²) in [6.07, 6.45) is 0. The van der Waals surface area contributed by atoms with E-state index in [0.717, 1.165) is 19.6 Å². The summed E-state index contributed by atoms with van der Waals surface area (Å²) in [4.78, 5) is 25.0. The third-order valence-electron chi connectivity index (χ3n) is 2.66. The smallest absolute Gasteiger partial charge is 0.321 e. The Hall–Kier alpha value is -1.14. The van der Waals surface area contributed by atoms with Gasteiger partial charge in [0.15, 0.2) is 0 Å². The zero-order chi connectivity index (χ0) is 12.8. The first-order valence-corrected chi connectivity index (χ1v) is 6.04. The largest absolute Gasteiger partial charge is 0.336 e. The van der Waals surface area contributed by atoms with E-state index >= 15 is 0 Å². The lowest BCUT2D eigenvalue weighted by Crippen LogP contribution is -2.54. The highest BCUT2D eigenvalue weighted by Gasteiger charge is 2.20. The van der Waals surface area contributed by atoms with E-state index < -0.39 is 6.03 Å². The number of nitrogens with zero attached hydrogens (tertiary/aromatic N) is 1. The van der Waals surface area contributed by atoms with Gasteiger partial charge in [0.25, 0.3) is 0 Å². The molecule has 0 bridgehead atoms. The lowest BCUT2D eigenvalue weighted by atomic mass is 10.2. The molecule has 6 heteroatoms. The summed E-state index contributed by atoms with van der Waals surface area (Å²) in [5, 5.41) is 8.20. The van der Waals surface area contributed by atoms with Crippen LogP contribution in [-0.4, -0.2) is 55.1 Å². The molecule has 1 fully saturated rings. The van der Waals surface area contributed by atoms with Crippen molar-refractivity contribution in [2.24, 2.45) is 0 Å². The summed E-state index contributed by atoms with van der Waals surface area (Å²) < 4.78 is 0. The number of amides is 3. The molecule has 0 spiro atoms. The highest BCUT2D eigenvalue weighted by Crippen LogP contribution is 2.00. The monoisotopic (exact) mass is 242 g/mol. The molecule has 1 aliphatic rings. The summed E-state index contributed by atoms with van der Waals surface area (Å²) >= 11 is 0. The molecule has 6 nitrogen and oxygen atoms in total. The van der Waals surface area contributed by atoms with Gasteiger partial charge in [0.2, 0.25) is 5.91 Å². The summed E-state index contributed by atoms with van der Waals surface area (Å²) in [5.74, 6) is -0.253. The minimum absolute atomic E-state index is 0.0286. The van der Waals surface area contributed by atoms with Crippen LogP contribution in [0.4, 0.5) is 4.79 Å². The van der Waals surface area contributed by atoms with Crippen LogP contribution in [0.15, 0.2) is 0 Å². The quantitative estimate of drug-likeness (QED) is 0.624. The summed E-state index contributed by atoms with van der Waals surface area (Å²) in [7, 11) is 0. The normalized spacial score (nSPS) is 21.3. The van der Waals surface area contributed by atoms with Crippen LogP contribution >= 0.6 is 0 Å². The molecular formula is C11H22N4O2. The fourth-order valence-electron chi connectivity index (χ4n) is 1.77. The predicted octanol–water partition coefficient (Wildman–Crippen LogP) is -0.486. The number of imide groups is 1. The number of hydrogen-bond donors (Lipinski definition) is 3. The lowest BCUT2D eigenvalue weighted by Gasteiger charge is -2.33. The van der Waals surface area contributed by atoms with Gasteiger partial charge in [-0.05, 0) is 20.8 Å². The molecule has 0 radical (unpaired) electrons. The van der Waals surface area contributed by atoms with Gasteiger partial charge in [0.05, 0.1) is 6.54 Å². The van der Waals surface area contributed by atoms with Crippen LogP contribution in [0.1, 0.15) is 20.8 Å². The molecule has 0 aromatic rings. The fourth-order valence-corrected chi connectivity index (χ4v) is 1.77. The van der Waals surface area contributed by atoms with E-state index in [1.807, 2.05) is 13.8 Å². The van der Waals surface area contributed by atoms with Crippen LogP contribution in [0.25, 0.3) is 0 Å². The maximum atomic E-state index is 11.6. The number of nitrogens with one attached hydrogen (secondary N) is 3. The maximum Gasteiger partial charge on any atom is 0.321 e. The van der Waals surface area contributed by atoms with Gasteiger partial charge >= 0.3 is 6.03 Å². The molecule has 3 N–H and O–H groups in total. The Morgan fingerprint density at radius 2 is 2.18 bits per heavy atom. The Balaban J connectivity index is 2.30. The molecule has 1 rings (SSSR count). The summed E-state index contributed by atoms with van der Waals surface area (Å²) in [6, 6.07) is -0.0728. The van der Waals surface area contributed by atoms with E-state index in [1.165, 1.54) is 0 Å². The number of carbonyl (C=O) groups excluding carboxylic acids is 2. The zero-order valence-electron chi connectivity index (χ0n) is 10.7. The molecule has 3 amide bonds. The number of urea groups is 1. The van der Waals surface area contributed by atoms with Crippen molar-refractivity contribution in [2.45, 2.75) is 32.9 Å². The molecule has 0 aromatic carbocycles. The van der Waals surface area contributed by atoms with Gasteiger partial charge in [-0.3, -0.25) is 15.0 Å². The topological polar surface area (TPSA) is 73.5 Å². The van der Waals surface area contributed by atoms with Crippen LogP contribution in [0.3, 0.4) is 0 Å². The molecule has 98 valence electrons. The van der Waals surface area contributed by atoms with Gasteiger partial charge in [-0.25, -0.2) is 4.79 Å². The fraction of sp³-hybridized carbons (Fsp3) is 0.818. The first-order chi connectivity index (χ1) is 7.99. The molecular weight excluding hydrogens is 220 g/mol. The molecule has 0 unspecified atom stereocenters. The van der Waals surface area contributed by atoms with E-state index in [1.54, 1.807) is 0 Å². The van der Waals surface area contributed by atoms with E-state index in [2.05, 4.69) is 27.8 Å². The van der Waals surface area contributed by atoms with E-state index in [9.17, 15) is 9.59 Å². The van der Waals surface area contributed by atoms with Crippen LogP contribution < -0.4 is 16.0 Å². The Labute approximate surface area is 102 Å². The molecule has 0 aromatic heterocycles. The van der Waals surface area contributed by atoms with Gasteiger partial charge in [-0.1, -0.05) is 0 Å². The highest BCUT2D eigenvalue weighted by molar-refractivity contribution is 5.95. The minimum Gasteiger partial charge on any atom is -0.336 e. The van der Waals surface area contributed by atoms with Gasteiger partial charge < -0.3 is 10.6 Å². The molecule has 1 atom stereocenters. The van der Waals surface area contributed by atoms with Crippen molar-refractivity contribution >= 4 is 11.9 Å². The second-order valence-corrected chi connectivity index (χ2v) is 4.70. The number of carbonyl (C=O) groups is 2. The van der Waals surface area contributed by atoms with Crippen molar-refractivity contribution in [1.29, 1.82) is 0 Å². The van der Waals surface area contributed by atoms with E-state index in [-0.39, 0.29) is 18.5 Å². The van der Waals surface area contributed by atoms with E-state index in [0.29, 0.717) is 6.04 Å². The van der Waals surface area contributed by atoms with Gasteiger partial charge in [-0.15, -0.1) is 0 Å². The number of piperazine rings is 1. The zero-order valence-corrected chi connectivity index (χ0v) is 10.7. The van der Waals surface area contributed by atoms with Crippen molar-refractivity contribution < 1.29 is 9.59 Å². The number of hydrogen-bond acceptors (Lipinski definition) is 4. The van der Waals surface area contributed by atoms with Gasteiger partial charge in [0.1, 0.15) is 0 Å². The van der Waals surface area contributed by atoms with Crippen molar-refractivity contribution in [3.63, 3.8) is 0 Å². The molecule has 1 aliphatic heterocycles. The Morgan fingerprint density at radius 3 is 2.76 bits per heavy atom. The summed E-state index contributed by atoms with van der Waals surface area (Å²) in [5.41, 5.74) is 0. The molecule has 17 heavy (non-hydrogen) atoms. The Morgan fingerprint density at radius 1 is 1.47 bits per heavy atom. The standard InChI is InChI=1S/C11H22N4O2/c1-8(2)13-11(17)14-10(16)7-15-5-4-12-6-9(15)3/h8-9,12H,4-7H2,1-3H3,(H2,13,14,16,17)/t9-/m0/s1. The second-order valence-electron chi connectivity index (χ2n) is 4.70. The molecule has 0 aliphatic carbocycles. The highest BCUT2D eigenvalue weighted by atomic mass is 16.2. The van der Waals surface area contributed by atoms with E-state index in [4.69, 9.17) is 0 Å². The van der Waals surface area contributed by atoms with Crippen molar-refractivity contribution in [2.75, 3.05) is 26.2 Å². The average molecular weight is 242 g/mol. The van der Waals surface area contributed by atoms with Gasteiger partial charge in [0, 0.05) is 31.7 Å². The van der Waals surface area contributed by atoms with Crippen LogP contribution in [-0.2, 0) is 4.79 Å². The summed E-state index contributed by atoms with van der Waals surface area (Å²) in [6.45, 7) is 8.63. The van der Waals surface area contributed by atoms with Crippen LogP contribution in [0.5, 0.6) is 0 Å². The predicted molar refractivity (Wildman–Crippen MR) is 65.7 cm³/mol. The Kier molecular flexibility index (Phi) is 5.37. The minimum atomic E-state index is -0.423. The molecule has 1 heterocycles. The van der Waals surface area contributed by atoms with Crippen LogP contribution in [0.2, 0.25) is 0 Å². The first kappa shape index (κ1) is 13.9. The van der Waals surface area contributed by atoms with Crippen molar-refractivity contribution in [1.82, 2.24) is 20.9 Å². The van der Waals surface area contributed by atoms with Crippen molar-refractivity contribution in [3.05, 3.63) is 0 Å². The number of rotatable bonds is 3. The van der Waals surface area contributed by atoms with Gasteiger partial charge in [-0.2, -0.15) is 0 Å². The second kappa shape index (κ2) is 6.56. The van der Waals surface area contributed by atoms with Crippen molar-refractivity contribution in [3.8, 4) is 0 Å². The maximum absolute atomic E-state index is 11.6. The molecule has 0 saturated carbocycles. The SMILES string of the molecule is CC(C)NC(=O)NC(=O)CN1CCNC[C@@H]1C. The first-order valence-electron chi connectivity index (χ1n) is 6.04. The third kappa shape index (κ3) is 5.14. The Bertz CT molecular complexity index is 281. The molecule has 1 saturated heterocycles. The lowest BCUT2D eigenvalue weighted by molar-refractivity contribution is -0.121. The van der Waals surface area contributed by atoms with Crippen LogP contribution in [0, 0.1) is 0 Å².